The molecule has 1 aromatic carbocycles. The van der Waals surface area contributed by atoms with Crippen molar-refractivity contribution in [2.45, 2.75) is 56.9 Å². The van der Waals surface area contributed by atoms with E-state index in [4.69, 9.17) is 4.52 Å². The molecule has 6 heteroatoms. The monoisotopic (exact) mass is 351 g/mol. The lowest BCUT2D eigenvalue weighted by Gasteiger charge is -2.58. The molecule has 1 saturated carbocycles. The lowest BCUT2D eigenvalue weighted by Crippen LogP contribution is -2.59. The van der Waals surface area contributed by atoms with Gasteiger partial charge in [0, 0.05) is 17.0 Å². The number of hydrogen-bond acceptors (Lipinski definition) is 3. The number of piperidine rings is 1. The van der Waals surface area contributed by atoms with Crippen LogP contribution in [-0.2, 0) is 16.4 Å². The maximum Gasteiger partial charge on any atom is 0.524 e. The minimum atomic E-state index is -4.55. The molecule has 0 amide bonds. The number of nitrogens with zero attached hydrogens (tertiary/aromatic N) is 1. The van der Waals surface area contributed by atoms with Crippen molar-refractivity contribution in [1.29, 1.82) is 0 Å². The molecule has 1 aromatic rings. The van der Waals surface area contributed by atoms with E-state index in [2.05, 4.69) is 18.0 Å². The van der Waals surface area contributed by atoms with E-state index in [1.807, 2.05) is 6.92 Å². The first-order valence-corrected chi connectivity index (χ1v) is 10.4. The molecule has 24 heavy (non-hydrogen) atoms. The normalized spacial score (nSPS) is 32.8. The molecule has 2 N–H and O–H groups in total. The van der Waals surface area contributed by atoms with Crippen molar-refractivity contribution in [2.24, 2.45) is 5.92 Å². The molecule has 2 aliphatic carbocycles. The number of phosphoric acid groups is 1. The van der Waals surface area contributed by atoms with Gasteiger partial charge in [0.1, 0.15) is 5.75 Å². The van der Waals surface area contributed by atoms with Crippen LogP contribution in [0.15, 0.2) is 12.1 Å². The molecule has 4 rings (SSSR count). The maximum atomic E-state index is 11.5. The summed E-state index contributed by atoms with van der Waals surface area (Å²) in [6.45, 7) is 3.09. The minimum absolute atomic E-state index is 0.169. The molecule has 0 radical (unpaired) electrons. The zero-order valence-electron chi connectivity index (χ0n) is 14.4. The van der Waals surface area contributed by atoms with E-state index < -0.39 is 7.82 Å². The summed E-state index contributed by atoms with van der Waals surface area (Å²) in [6.07, 6.45) is 6.95. The van der Waals surface area contributed by atoms with Crippen LogP contribution in [0.25, 0.3) is 0 Å². The summed E-state index contributed by atoms with van der Waals surface area (Å²) in [7, 11) is -2.36. The molecular weight excluding hydrogens is 325 g/mol. The topological polar surface area (TPSA) is 70.0 Å². The van der Waals surface area contributed by atoms with E-state index in [0.29, 0.717) is 17.7 Å². The van der Waals surface area contributed by atoms with Crippen LogP contribution in [0.3, 0.4) is 0 Å². The Morgan fingerprint density at radius 1 is 1.29 bits per heavy atom. The Morgan fingerprint density at radius 3 is 2.83 bits per heavy atom. The van der Waals surface area contributed by atoms with Crippen LogP contribution in [0, 0.1) is 12.8 Å². The zero-order chi connectivity index (χ0) is 17.1. The highest BCUT2D eigenvalue weighted by Crippen LogP contribution is 2.57. The van der Waals surface area contributed by atoms with Crippen LogP contribution in [0.5, 0.6) is 5.75 Å². The number of likely N-dealkylation sites (N-methyl/N-ethyl adjacent to an activating group) is 1. The van der Waals surface area contributed by atoms with Crippen LogP contribution in [-0.4, -0.2) is 34.3 Å². The van der Waals surface area contributed by atoms with Crippen LogP contribution in [0.4, 0.5) is 0 Å². The highest BCUT2D eigenvalue weighted by Gasteiger charge is 2.53. The van der Waals surface area contributed by atoms with Crippen molar-refractivity contribution in [1.82, 2.24) is 4.90 Å². The Morgan fingerprint density at radius 2 is 2.08 bits per heavy atom. The number of hydrogen-bond donors (Lipinski definition) is 2. The summed E-state index contributed by atoms with van der Waals surface area (Å²) in [5.41, 5.74) is 3.52. The molecule has 3 atom stereocenters. The molecule has 5 nitrogen and oxygen atoms in total. The summed E-state index contributed by atoms with van der Waals surface area (Å²) >= 11 is 0. The standard InChI is InChI=1S/C18H26NO4P/c1-12-9-15-13(17(10-12)23-24(20,21)22)11-16-14-5-3-4-6-18(14,15)7-8-19(16)2/h9-10,14,16H,3-8,11H2,1-2H3,(H2,20,21,22)/t14-,16+,18+/m0/s1. The molecule has 0 unspecified atom stereocenters. The summed E-state index contributed by atoms with van der Waals surface area (Å²) < 4.78 is 16.6. The third-order valence-electron chi connectivity index (χ3n) is 6.56. The molecule has 1 saturated heterocycles. The van der Waals surface area contributed by atoms with Crippen molar-refractivity contribution < 1.29 is 18.9 Å². The first kappa shape index (κ1) is 16.6. The molecular formula is C18H26NO4P. The number of phosphoric ester groups is 1. The van der Waals surface area contributed by atoms with Crippen LogP contribution < -0.4 is 4.52 Å². The van der Waals surface area contributed by atoms with E-state index in [-0.39, 0.29) is 5.41 Å². The predicted molar refractivity (Wildman–Crippen MR) is 92.2 cm³/mol. The van der Waals surface area contributed by atoms with Gasteiger partial charge in [-0.1, -0.05) is 18.9 Å². The fourth-order valence-electron chi connectivity index (χ4n) is 5.61. The van der Waals surface area contributed by atoms with Gasteiger partial charge in [-0.2, -0.15) is 0 Å². The second-order valence-corrected chi connectivity index (χ2v) is 9.05. The first-order valence-electron chi connectivity index (χ1n) is 8.89. The highest BCUT2D eigenvalue weighted by atomic mass is 31.2. The second-order valence-electron chi connectivity index (χ2n) is 7.88. The largest absolute Gasteiger partial charge is 0.524 e. The number of aryl methyl sites for hydroxylation is 1. The van der Waals surface area contributed by atoms with Crippen molar-refractivity contribution in [2.75, 3.05) is 13.6 Å². The Hall–Kier alpha value is -0.870. The fraction of sp³-hybridized carbons (Fsp3) is 0.667. The van der Waals surface area contributed by atoms with Crippen LogP contribution in [0.2, 0.25) is 0 Å². The van der Waals surface area contributed by atoms with Gasteiger partial charge in [0.2, 0.25) is 0 Å². The predicted octanol–water partition coefficient (Wildman–Crippen LogP) is 3.15. The number of likely N-dealkylation sites (tertiary alicyclic amines) is 1. The SMILES string of the molecule is Cc1cc(OP(=O)(O)O)c2c(c1)[C@@]13CCCC[C@H]1[C@@H](C2)N(C)CC3. The molecule has 0 spiro atoms. The fourth-order valence-corrected chi connectivity index (χ4v) is 6.03. The molecule has 132 valence electrons. The van der Waals surface area contributed by atoms with Gasteiger partial charge in [0.05, 0.1) is 0 Å². The van der Waals surface area contributed by atoms with E-state index in [1.165, 1.54) is 31.2 Å². The van der Waals surface area contributed by atoms with Gasteiger partial charge in [-0.3, -0.25) is 9.79 Å². The average Bonchev–Trinajstić information content (AvgIpc) is 2.50. The summed E-state index contributed by atoms with van der Waals surface area (Å²) in [6, 6.07) is 4.49. The molecule has 2 fully saturated rings. The Balaban J connectivity index is 1.90. The lowest BCUT2D eigenvalue weighted by atomic mass is 9.52. The molecule has 2 bridgehead atoms. The van der Waals surface area contributed by atoms with Crippen molar-refractivity contribution in [3.05, 3.63) is 28.8 Å². The minimum Gasteiger partial charge on any atom is -0.404 e. The molecule has 1 aliphatic heterocycles. The Labute approximate surface area is 143 Å². The van der Waals surface area contributed by atoms with Gasteiger partial charge in [0.15, 0.2) is 0 Å². The number of fused-ring (bicyclic) bond motifs is 1. The van der Waals surface area contributed by atoms with Crippen LogP contribution in [0.1, 0.15) is 48.8 Å². The summed E-state index contributed by atoms with van der Waals surface area (Å²) in [5.74, 6) is 1.05. The van der Waals surface area contributed by atoms with Gasteiger partial charge >= 0.3 is 7.82 Å². The van der Waals surface area contributed by atoms with Gasteiger partial charge in [-0.25, -0.2) is 4.57 Å². The number of benzene rings is 1. The van der Waals surface area contributed by atoms with Crippen LogP contribution >= 0.6 is 7.82 Å². The Bertz CT molecular complexity index is 715. The van der Waals surface area contributed by atoms with Gasteiger partial charge in [-0.05, 0) is 69.3 Å². The molecule has 1 heterocycles. The van der Waals surface area contributed by atoms with Gasteiger partial charge in [-0.15, -0.1) is 0 Å². The summed E-state index contributed by atoms with van der Waals surface area (Å²) in [5, 5.41) is 0. The first-order chi connectivity index (χ1) is 11.3. The molecule has 3 aliphatic rings. The van der Waals surface area contributed by atoms with E-state index in [1.54, 1.807) is 6.07 Å². The third kappa shape index (κ3) is 2.53. The Kier molecular flexibility index (Phi) is 3.85. The van der Waals surface area contributed by atoms with Gasteiger partial charge in [0.25, 0.3) is 0 Å². The zero-order valence-corrected chi connectivity index (χ0v) is 15.3. The summed E-state index contributed by atoms with van der Waals surface area (Å²) in [4.78, 5) is 21.1. The lowest BCUT2D eigenvalue weighted by molar-refractivity contribution is 0.00236. The van der Waals surface area contributed by atoms with E-state index >= 15 is 0 Å². The quantitative estimate of drug-likeness (QED) is 0.801. The number of rotatable bonds is 2. The van der Waals surface area contributed by atoms with Gasteiger partial charge < -0.3 is 9.42 Å². The van der Waals surface area contributed by atoms with E-state index in [0.717, 1.165) is 30.5 Å². The van der Waals surface area contributed by atoms with E-state index in [9.17, 15) is 14.4 Å². The third-order valence-corrected chi connectivity index (χ3v) is 6.99. The van der Waals surface area contributed by atoms with Crippen molar-refractivity contribution in [3.63, 3.8) is 0 Å². The molecule has 0 aromatic heterocycles. The maximum absolute atomic E-state index is 11.5. The van der Waals surface area contributed by atoms with Crippen molar-refractivity contribution in [3.8, 4) is 5.75 Å². The average molecular weight is 351 g/mol. The smallest absolute Gasteiger partial charge is 0.404 e. The highest BCUT2D eigenvalue weighted by molar-refractivity contribution is 7.46. The van der Waals surface area contributed by atoms with Crippen molar-refractivity contribution >= 4 is 7.82 Å². The second kappa shape index (κ2) is 5.57.